The first-order valence-corrected chi connectivity index (χ1v) is 11.9. The molecule has 0 radical (unpaired) electrons. The smallest absolute Gasteiger partial charge is 0.223 e. The average molecular weight is 457 g/mol. The van der Waals surface area contributed by atoms with Gasteiger partial charge in [0, 0.05) is 41.7 Å². The van der Waals surface area contributed by atoms with Gasteiger partial charge in [0.25, 0.3) is 0 Å². The topological polar surface area (TPSA) is 45.5 Å². The van der Waals surface area contributed by atoms with Gasteiger partial charge >= 0.3 is 0 Å². The van der Waals surface area contributed by atoms with E-state index in [-0.39, 0.29) is 11.7 Å². The van der Waals surface area contributed by atoms with Crippen molar-refractivity contribution in [1.29, 1.82) is 0 Å². The summed E-state index contributed by atoms with van der Waals surface area (Å²) in [6.45, 7) is 5.67. The van der Waals surface area contributed by atoms with Crippen LogP contribution >= 0.6 is 0 Å². The summed E-state index contributed by atoms with van der Waals surface area (Å²) in [7, 11) is 0. The summed E-state index contributed by atoms with van der Waals surface area (Å²) in [6, 6.07) is 19.7. The molecule has 34 heavy (non-hydrogen) atoms. The Labute approximate surface area is 199 Å². The van der Waals surface area contributed by atoms with Crippen LogP contribution in [0.3, 0.4) is 0 Å². The van der Waals surface area contributed by atoms with Crippen LogP contribution in [0, 0.1) is 12.7 Å². The van der Waals surface area contributed by atoms with E-state index < -0.39 is 11.9 Å². The third-order valence-corrected chi connectivity index (χ3v) is 7.15. The number of benzene rings is 3. The van der Waals surface area contributed by atoms with Crippen molar-refractivity contribution in [1.82, 2.24) is 9.47 Å². The monoisotopic (exact) mass is 456 g/mol. The number of phenolic OH excluding ortho intramolecular Hbond substituents is 1. The number of carbonyl (C=O) groups is 1. The SMILES string of the molecule is CCn1c(C)c(CCC(=O)N2CCc3ccccc3C2c2cc(F)ccc2O)c2ccccc21. The van der Waals surface area contributed by atoms with E-state index in [2.05, 4.69) is 30.5 Å². The largest absolute Gasteiger partial charge is 0.508 e. The van der Waals surface area contributed by atoms with Crippen molar-refractivity contribution in [2.45, 2.75) is 45.7 Å². The first kappa shape index (κ1) is 22.2. The Morgan fingerprint density at radius 2 is 1.82 bits per heavy atom. The van der Waals surface area contributed by atoms with Crippen LogP contribution in [0.2, 0.25) is 0 Å². The van der Waals surface area contributed by atoms with Crippen molar-refractivity contribution in [3.05, 3.63) is 100 Å². The molecule has 0 spiro atoms. The molecule has 1 N–H and O–H groups in total. The lowest BCUT2D eigenvalue weighted by Crippen LogP contribution is -2.40. The summed E-state index contributed by atoms with van der Waals surface area (Å²) in [5.74, 6) is -0.412. The molecule has 0 aliphatic carbocycles. The van der Waals surface area contributed by atoms with Gasteiger partial charge in [0.15, 0.2) is 0 Å². The molecule has 3 aromatic carbocycles. The Kier molecular flexibility index (Phi) is 5.86. The van der Waals surface area contributed by atoms with Gasteiger partial charge in [-0.1, -0.05) is 42.5 Å². The normalized spacial score (nSPS) is 15.5. The van der Waals surface area contributed by atoms with Crippen LogP contribution in [0.4, 0.5) is 4.39 Å². The molecule has 0 fully saturated rings. The number of para-hydroxylation sites is 1. The first-order valence-electron chi connectivity index (χ1n) is 11.9. The molecule has 0 saturated heterocycles. The molecule has 174 valence electrons. The summed E-state index contributed by atoms with van der Waals surface area (Å²) < 4.78 is 16.5. The summed E-state index contributed by atoms with van der Waals surface area (Å²) >= 11 is 0. The van der Waals surface area contributed by atoms with Gasteiger partial charge in [-0.05, 0) is 67.6 Å². The van der Waals surface area contributed by atoms with Gasteiger partial charge in [-0.25, -0.2) is 4.39 Å². The van der Waals surface area contributed by atoms with Crippen LogP contribution in [0.1, 0.15) is 47.3 Å². The van der Waals surface area contributed by atoms with Crippen LogP contribution in [0.25, 0.3) is 10.9 Å². The van der Waals surface area contributed by atoms with E-state index >= 15 is 0 Å². The molecule has 0 bridgehead atoms. The van der Waals surface area contributed by atoms with Crippen LogP contribution in [-0.4, -0.2) is 27.0 Å². The zero-order valence-electron chi connectivity index (χ0n) is 19.6. The highest BCUT2D eigenvalue weighted by Gasteiger charge is 2.33. The average Bonchev–Trinajstić information content (AvgIpc) is 3.13. The minimum absolute atomic E-state index is 0.00256. The van der Waals surface area contributed by atoms with Gasteiger partial charge in [-0.2, -0.15) is 0 Å². The predicted molar refractivity (Wildman–Crippen MR) is 132 cm³/mol. The van der Waals surface area contributed by atoms with Gasteiger partial charge in [0.05, 0.1) is 6.04 Å². The van der Waals surface area contributed by atoms with Gasteiger partial charge in [0.1, 0.15) is 11.6 Å². The van der Waals surface area contributed by atoms with E-state index in [1.165, 1.54) is 40.4 Å². The number of rotatable bonds is 5. The lowest BCUT2D eigenvalue weighted by Gasteiger charge is -2.38. The van der Waals surface area contributed by atoms with Gasteiger partial charge in [-0.15, -0.1) is 0 Å². The highest BCUT2D eigenvalue weighted by molar-refractivity contribution is 5.86. The molecule has 1 aromatic heterocycles. The predicted octanol–water partition coefficient (Wildman–Crippen LogP) is 5.92. The molecular weight excluding hydrogens is 427 g/mol. The summed E-state index contributed by atoms with van der Waals surface area (Å²) in [5, 5.41) is 11.8. The molecule has 4 nitrogen and oxygen atoms in total. The van der Waals surface area contributed by atoms with Gasteiger partial charge in [-0.3, -0.25) is 4.79 Å². The summed E-state index contributed by atoms with van der Waals surface area (Å²) in [4.78, 5) is 15.4. The van der Waals surface area contributed by atoms with Crippen LogP contribution in [0.5, 0.6) is 5.75 Å². The number of halogens is 1. The Bertz CT molecular complexity index is 1370. The van der Waals surface area contributed by atoms with Crippen LogP contribution < -0.4 is 0 Å². The number of nitrogens with zero attached hydrogens (tertiary/aromatic N) is 2. The Balaban J connectivity index is 1.48. The molecular formula is C29H29FN2O2. The van der Waals surface area contributed by atoms with Crippen molar-refractivity contribution < 1.29 is 14.3 Å². The van der Waals surface area contributed by atoms with E-state index in [4.69, 9.17) is 0 Å². The fraction of sp³-hybridized carbons (Fsp3) is 0.276. The molecule has 1 amide bonds. The Morgan fingerprint density at radius 1 is 1.06 bits per heavy atom. The Morgan fingerprint density at radius 3 is 2.65 bits per heavy atom. The second-order valence-corrected chi connectivity index (χ2v) is 8.97. The molecule has 1 unspecified atom stereocenters. The number of carbonyl (C=O) groups excluding carboxylic acids is 1. The van der Waals surface area contributed by atoms with E-state index in [0.29, 0.717) is 24.9 Å². The Hall–Kier alpha value is -3.60. The van der Waals surface area contributed by atoms with E-state index in [9.17, 15) is 14.3 Å². The van der Waals surface area contributed by atoms with Crippen molar-refractivity contribution in [2.75, 3.05) is 6.54 Å². The number of aromatic hydroxyl groups is 1. The van der Waals surface area contributed by atoms with Gasteiger partial charge in [0.2, 0.25) is 5.91 Å². The summed E-state index contributed by atoms with van der Waals surface area (Å²) in [5.41, 5.74) is 6.09. The molecule has 2 heterocycles. The molecule has 1 aliphatic rings. The van der Waals surface area contributed by atoms with Crippen molar-refractivity contribution in [2.24, 2.45) is 0 Å². The first-order chi connectivity index (χ1) is 16.5. The maximum absolute atomic E-state index is 14.2. The van der Waals surface area contributed by atoms with Crippen molar-refractivity contribution in [3.63, 3.8) is 0 Å². The highest BCUT2D eigenvalue weighted by atomic mass is 19.1. The van der Waals surface area contributed by atoms with E-state index in [1.54, 1.807) is 0 Å². The molecule has 1 aliphatic heterocycles. The maximum atomic E-state index is 14.2. The number of hydrogen-bond acceptors (Lipinski definition) is 2. The zero-order chi connectivity index (χ0) is 23.8. The molecule has 5 heteroatoms. The third-order valence-electron chi connectivity index (χ3n) is 7.15. The lowest BCUT2D eigenvalue weighted by atomic mass is 9.87. The number of hydrogen-bond donors (Lipinski definition) is 1. The number of aromatic nitrogens is 1. The number of phenols is 1. The molecule has 1 atom stereocenters. The van der Waals surface area contributed by atoms with E-state index in [0.717, 1.165) is 24.1 Å². The number of fused-ring (bicyclic) bond motifs is 2. The third kappa shape index (κ3) is 3.75. The highest BCUT2D eigenvalue weighted by Crippen LogP contribution is 2.39. The van der Waals surface area contributed by atoms with Crippen molar-refractivity contribution in [3.8, 4) is 5.75 Å². The molecule has 0 saturated carbocycles. The van der Waals surface area contributed by atoms with Crippen LogP contribution in [0.15, 0.2) is 66.7 Å². The standard InChI is InChI=1S/C29H29FN2O2/c1-3-31-19(2)22(24-10-6-7-11-26(24)31)13-15-28(34)32-17-16-20-8-4-5-9-23(20)29(32)25-18-21(30)12-14-27(25)33/h4-12,14,18,29,33H,3,13,15-17H2,1-2H3. The fourth-order valence-electron chi connectivity index (χ4n) is 5.52. The maximum Gasteiger partial charge on any atom is 0.223 e. The lowest BCUT2D eigenvalue weighted by molar-refractivity contribution is -0.133. The van der Waals surface area contributed by atoms with Gasteiger partial charge < -0.3 is 14.6 Å². The van der Waals surface area contributed by atoms with Crippen molar-refractivity contribution >= 4 is 16.8 Å². The zero-order valence-corrected chi connectivity index (χ0v) is 19.6. The summed E-state index contributed by atoms with van der Waals surface area (Å²) in [6.07, 6.45) is 1.73. The minimum atomic E-state index is -0.508. The van der Waals surface area contributed by atoms with E-state index in [1.807, 2.05) is 41.3 Å². The fourth-order valence-corrected chi connectivity index (χ4v) is 5.52. The second kappa shape index (κ2) is 8.98. The quantitative estimate of drug-likeness (QED) is 0.405. The number of aryl methyl sites for hydroxylation is 2. The molecule has 5 rings (SSSR count). The molecule has 4 aromatic rings. The van der Waals surface area contributed by atoms with Crippen LogP contribution in [-0.2, 0) is 24.2 Å². The second-order valence-electron chi connectivity index (χ2n) is 8.97. The minimum Gasteiger partial charge on any atom is -0.508 e. The number of amides is 1.